The Hall–Kier alpha value is -1.69. The van der Waals surface area contributed by atoms with E-state index < -0.39 is 0 Å². The molecule has 3 nitrogen and oxygen atoms in total. The lowest BCUT2D eigenvalue weighted by atomic mass is 10.1. The molecule has 2 aromatic carbocycles. The highest BCUT2D eigenvalue weighted by Gasteiger charge is 2.09. The molecule has 1 atom stereocenters. The Balaban J connectivity index is 1.51. The summed E-state index contributed by atoms with van der Waals surface area (Å²) in [6.45, 7) is 5.48. The van der Waals surface area contributed by atoms with Crippen molar-refractivity contribution in [1.29, 1.82) is 0 Å². The lowest BCUT2D eigenvalue weighted by molar-refractivity contribution is 0.305. The maximum Gasteiger partial charge on any atom is 0.140 e. The van der Waals surface area contributed by atoms with Crippen LogP contribution in [0, 0.1) is 6.92 Å². The predicted octanol–water partition coefficient (Wildman–Crippen LogP) is 5.64. The molecule has 0 saturated heterocycles. The number of hydrogen-bond donors (Lipinski definition) is 1. The Morgan fingerprint density at radius 2 is 1.92 bits per heavy atom. The first-order valence-corrected chi connectivity index (χ1v) is 9.89. The zero-order chi connectivity index (χ0) is 17.6. The van der Waals surface area contributed by atoms with Gasteiger partial charge in [-0.1, -0.05) is 51.8 Å². The van der Waals surface area contributed by atoms with E-state index >= 15 is 0 Å². The normalized spacial score (nSPS) is 12.1. The van der Waals surface area contributed by atoms with Crippen molar-refractivity contribution in [2.24, 2.45) is 0 Å². The monoisotopic (exact) mass is 416 g/mol. The summed E-state index contributed by atoms with van der Waals surface area (Å²) in [7, 11) is 0. The number of hydrogen-bond acceptors (Lipinski definition) is 4. The number of ether oxygens (including phenoxy) is 1. The summed E-state index contributed by atoms with van der Waals surface area (Å²) in [4.78, 5) is 4.65. The van der Waals surface area contributed by atoms with E-state index in [0.717, 1.165) is 27.5 Å². The molecular formula is C20H21BrN2OS. The molecule has 130 valence electrons. The van der Waals surface area contributed by atoms with Gasteiger partial charge in [-0.15, -0.1) is 11.3 Å². The van der Waals surface area contributed by atoms with Crippen LogP contribution in [0.25, 0.3) is 0 Å². The lowest BCUT2D eigenvalue weighted by Crippen LogP contribution is -2.18. The quantitative estimate of drug-likeness (QED) is 0.540. The van der Waals surface area contributed by atoms with E-state index in [-0.39, 0.29) is 6.04 Å². The van der Waals surface area contributed by atoms with E-state index in [2.05, 4.69) is 75.8 Å². The molecule has 0 spiro atoms. The molecule has 3 rings (SSSR count). The number of thiazole rings is 1. The second-order valence-corrected chi connectivity index (χ2v) is 7.76. The Bertz CT molecular complexity index is 817. The topological polar surface area (TPSA) is 34.1 Å². The highest BCUT2D eigenvalue weighted by Crippen LogP contribution is 2.23. The molecule has 3 aromatic rings. The van der Waals surface area contributed by atoms with Crippen molar-refractivity contribution >= 4 is 27.3 Å². The summed E-state index contributed by atoms with van der Waals surface area (Å²) in [6.07, 6.45) is 0. The first kappa shape index (κ1) is 18.1. The Morgan fingerprint density at radius 3 is 2.68 bits per heavy atom. The van der Waals surface area contributed by atoms with Crippen molar-refractivity contribution < 1.29 is 4.74 Å². The second-order valence-electron chi connectivity index (χ2n) is 5.96. The smallest absolute Gasteiger partial charge is 0.140 e. The Labute approximate surface area is 161 Å². The standard InChI is InChI=1S/C20H21BrN2OS/c1-14-7-9-17(10-8-14)24-12-20-23-16(13-25-20)11-22-15(2)18-5-3-4-6-19(18)21/h3-10,13,15,22H,11-12H2,1-2H3. The third kappa shape index (κ3) is 5.14. The molecule has 0 aliphatic carbocycles. The predicted molar refractivity (Wildman–Crippen MR) is 107 cm³/mol. The first-order valence-electron chi connectivity index (χ1n) is 8.22. The van der Waals surface area contributed by atoms with Crippen molar-refractivity contribution in [3.8, 4) is 5.75 Å². The van der Waals surface area contributed by atoms with E-state index in [0.29, 0.717) is 6.61 Å². The molecule has 0 radical (unpaired) electrons. The van der Waals surface area contributed by atoms with E-state index in [1.165, 1.54) is 11.1 Å². The van der Waals surface area contributed by atoms with Gasteiger partial charge in [-0.3, -0.25) is 0 Å². The van der Waals surface area contributed by atoms with Gasteiger partial charge in [-0.05, 0) is 37.6 Å². The van der Waals surface area contributed by atoms with E-state index in [4.69, 9.17) is 4.74 Å². The maximum atomic E-state index is 5.79. The molecule has 0 fully saturated rings. The Morgan fingerprint density at radius 1 is 1.16 bits per heavy atom. The van der Waals surface area contributed by atoms with Gasteiger partial charge >= 0.3 is 0 Å². The summed E-state index contributed by atoms with van der Waals surface area (Å²) in [6, 6.07) is 16.6. The molecule has 0 aliphatic rings. The number of aromatic nitrogens is 1. The lowest BCUT2D eigenvalue weighted by Gasteiger charge is -2.14. The highest BCUT2D eigenvalue weighted by atomic mass is 79.9. The first-order chi connectivity index (χ1) is 12.1. The number of aryl methyl sites for hydroxylation is 1. The Kier molecular flexibility index (Phi) is 6.24. The van der Waals surface area contributed by atoms with Gasteiger partial charge in [0, 0.05) is 22.4 Å². The highest BCUT2D eigenvalue weighted by molar-refractivity contribution is 9.10. The van der Waals surface area contributed by atoms with E-state index in [1.54, 1.807) is 11.3 Å². The summed E-state index contributed by atoms with van der Waals surface area (Å²) >= 11 is 5.24. The average Bonchev–Trinajstić information content (AvgIpc) is 3.07. The number of benzene rings is 2. The molecule has 1 aromatic heterocycles. The number of nitrogens with one attached hydrogen (secondary N) is 1. The third-order valence-electron chi connectivity index (χ3n) is 3.94. The molecule has 0 saturated carbocycles. The minimum Gasteiger partial charge on any atom is -0.486 e. The van der Waals surface area contributed by atoms with Gasteiger partial charge in [-0.2, -0.15) is 0 Å². The summed E-state index contributed by atoms with van der Waals surface area (Å²) < 4.78 is 6.92. The van der Waals surface area contributed by atoms with Crippen LogP contribution in [0.1, 0.15) is 34.8 Å². The molecule has 1 unspecified atom stereocenters. The van der Waals surface area contributed by atoms with Gasteiger partial charge in [0.25, 0.3) is 0 Å². The van der Waals surface area contributed by atoms with Crippen LogP contribution in [0.15, 0.2) is 58.4 Å². The fraction of sp³-hybridized carbons (Fsp3) is 0.250. The van der Waals surface area contributed by atoms with Crippen molar-refractivity contribution in [3.63, 3.8) is 0 Å². The van der Waals surface area contributed by atoms with E-state index in [1.807, 2.05) is 18.2 Å². The van der Waals surface area contributed by atoms with Crippen LogP contribution in [0.2, 0.25) is 0 Å². The van der Waals surface area contributed by atoms with Crippen LogP contribution in [0.3, 0.4) is 0 Å². The maximum absolute atomic E-state index is 5.79. The molecular weight excluding hydrogens is 396 g/mol. The molecule has 5 heteroatoms. The van der Waals surface area contributed by atoms with Crippen LogP contribution in [0.5, 0.6) is 5.75 Å². The summed E-state index contributed by atoms with van der Waals surface area (Å²) in [5.41, 5.74) is 3.53. The van der Waals surface area contributed by atoms with Crippen molar-refractivity contribution in [2.75, 3.05) is 0 Å². The van der Waals surface area contributed by atoms with Crippen LogP contribution in [0.4, 0.5) is 0 Å². The van der Waals surface area contributed by atoms with E-state index in [9.17, 15) is 0 Å². The minimum atomic E-state index is 0.254. The van der Waals surface area contributed by atoms with Gasteiger partial charge in [-0.25, -0.2) is 4.98 Å². The number of rotatable bonds is 7. The SMILES string of the molecule is Cc1ccc(OCc2nc(CNC(C)c3ccccc3Br)cs2)cc1. The molecule has 1 heterocycles. The molecule has 0 bridgehead atoms. The molecule has 25 heavy (non-hydrogen) atoms. The van der Waals surface area contributed by atoms with Crippen LogP contribution >= 0.6 is 27.3 Å². The zero-order valence-electron chi connectivity index (χ0n) is 14.3. The minimum absolute atomic E-state index is 0.254. The van der Waals surface area contributed by atoms with Crippen molar-refractivity contribution in [3.05, 3.63) is 80.2 Å². The fourth-order valence-electron chi connectivity index (χ4n) is 2.47. The van der Waals surface area contributed by atoms with Crippen LogP contribution in [-0.4, -0.2) is 4.98 Å². The number of nitrogens with zero attached hydrogens (tertiary/aromatic N) is 1. The third-order valence-corrected chi connectivity index (χ3v) is 5.54. The van der Waals surface area contributed by atoms with Crippen LogP contribution in [-0.2, 0) is 13.2 Å². The second kappa shape index (κ2) is 8.61. The van der Waals surface area contributed by atoms with Gasteiger partial charge in [0.05, 0.1) is 5.69 Å². The van der Waals surface area contributed by atoms with Crippen LogP contribution < -0.4 is 10.1 Å². The van der Waals surface area contributed by atoms with Gasteiger partial charge in [0.1, 0.15) is 17.4 Å². The fourth-order valence-corrected chi connectivity index (χ4v) is 3.80. The molecule has 0 aliphatic heterocycles. The average molecular weight is 417 g/mol. The number of halogens is 1. The largest absolute Gasteiger partial charge is 0.486 e. The van der Waals surface area contributed by atoms with Crippen molar-refractivity contribution in [2.45, 2.75) is 33.0 Å². The van der Waals surface area contributed by atoms with Gasteiger partial charge in [0.15, 0.2) is 0 Å². The summed E-state index contributed by atoms with van der Waals surface area (Å²) in [5.74, 6) is 0.878. The van der Waals surface area contributed by atoms with Gasteiger partial charge in [0.2, 0.25) is 0 Å². The molecule has 0 amide bonds. The molecule has 1 N–H and O–H groups in total. The van der Waals surface area contributed by atoms with Gasteiger partial charge < -0.3 is 10.1 Å². The summed E-state index contributed by atoms with van der Waals surface area (Å²) in [5, 5.41) is 6.61. The van der Waals surface area contributed by atoms with Crippen molar-refractivity contribution in [1.82, 2.24) is 10.3 Å². The zero-order valence-corrected chi connectivity index (χ0v) is 16.7.